The van der Waals surface area contributed by atoms with E-state index in [4.69, 9.17) is 16.3 Å². The fraction of sp³-hybridized carbons (Fsp3) is 0.409. The van der Waals surface area contributed by atoms with Crippen molar-refractivity contribution in [3.05, 3.63) is 64.7 Å². The van der Waals surface area contributed by atoms with E-state index in [-0.39, 0.29) is 12.5 Å². The van der Waals surface area contributed by atoms with Crippen LogP contribution in [-0.4, -0.2) is 67.5 Å². The predicted octanol–water partition coefficient (Wildman–Crippen LogP) is 3.12. The van der Waals surface area contributed by atoms with Crippen LogP contribution in [0, 0.1) is 0 Å². The van der Waals surface area contributed by atoms with Crippen LogP contribution in [0.4, 0.5) is 0 Å². The number of carbonyl (C=O) groups is 1. The molecule has 0 spiro atoms. The first kappa shape index (κ1) is 20.6. The van der Waals surface area contributed by atoms with Crippen LogP contribution in [-0.2, 0) is 17.9 Å². The number of halogens is 1. The van der Waals surface area contributed by atoms with Crippen LogP contribution in [0.5, 0.6) is 5.75 Å². The Balaban J connectivity index is 1.40. The minimum atomic E-state index is 0.0449. The molecule has 1 amide bonds. The third kappa shape index (κ3) is 6.23. The molecule has 28 heavy (non-hydrogen) atoms. The summed E-state index contributed by atoms with van der Waals surface area (Å²) in [5.74, 6) is 0.778. The molecule has 1 aliphatic heterocycles. The second kappa shape index (κ2) is 9.92. The lowest BCUT2D eigenvalue weighted by Gasteiger charge is -2.34. The molecule has 0 radical (unpaired) electrons. The summed E-state index contributed by atoms with van der Waals surface area (Å²) >= 11 is 5.94. The van der Waals surface area contributed by atoms with Crippen LogP contribution >= 0.6 is 11.6 Å². The maximum atomic E-state index is 12.4. The molecular formula is C22H28ClN3O2. The maximum Gasteiger partial charge on any atom is 0.260 e. The Morgan fingerprint density at radius 2 is 1.57 bits per heavy atom. The standard InChI is InChI=1S/C22H28ClN3O2/c1-24(2)15-18-5-9-21(10-6-18)28-17-22(27)26-13-11-25(12-14-26)16-19-3-7-20(23)8-4-19/h3-10H,11-17H2,1-2H3. The van der Waals surface area contributed by atoms with E-state index < -0.39 is 0 Å². The lowest BCUT2D eigenvalue weighted by molar-refractivity contribution is -0.135. The molecular weight excluding hydrogens is 374 g/mol. The molecule has 0 saturated carbocycles. The second-order valence-electron chi connectivity index (χ2n) is 7.45. The number of benzene rings is 2. The number of hydrogen-bond donors (Lipinski definition) is 0. The van der Waals surface area contributed by atoms with Gasteiger partial charge in [0.2, 0.25) is 0 Å². The zero-order valence-electron chi connectivity index (χ0n) is 16.6. The lowest BCUT2D eigenvalue weighted by Crippen LogP contribution is -2.49. The van der Waals surface area contributed by atoms with Gasteiger partial charge >= 0.3 is 0 Å². The van der Waals surface area contributed by atoms with Gasteiger partial charge in [0.05, 0.1) is 0 Å². The summed E-state index contributed by atoms with van der Waals surface area (Å²) in [6.45, 7) is 5.06. The number of carbonyl (C=O) groups excluding carboxylic acids is 1. The molecule has 1 fully saturated rings. The van der Waals surface area contributed by atoms with Gasteiger partial charge in [-0.05, 0) is 49.5 Å². The van der Waals surface area contributed by atoms with Gasteiger partial charge in [-0.1, -0.05) is 35.9 Å². The first-order valence-electron chi connectivity index (χ1n) is 9.60. The highest BCUT2D eigenvalue weighted by molar-refractivity contribution is 6.30. The molecule has 2 aromatic carbocycles. The monoisotopic (exact) mass is 401 g/mol. The van der Waals surface area contributed by atoms with Crippen LogP contribution in [0.25, 0.3) is 0 Å². The molecule has 3 rings (SSSR count). The molecule has 5 nitrogen and oxygen atoms in total. The van der Waals surface area contributed by atoms with E-state index in [9.17, 15) is 4.79 Å². The number of amides is 1. The number of piperazine rings is 1. The van der Waals surface area contributed by atoms with Gasteiger partial charge < -0.3 is 14.5 Å². The summed E-state index contributed by atoms with van der Waals surface area (Å²) in [6, 6.07) is 15.9. The third-order valence-corrected chi connectivity index (χ3v) is 5.08. The smallest absolute Gasteiger partial charge is 0.260 e. The van der Waals surface area contributed by atoms with E-state index in [1.165, 1.54) is 11.1 Å². The van der Waals surface area contributed by atoms with E-state index in [1.807, 2.05) is 55.4 Å². The first-order chi connectivity index (χ1) is 13.5. The lowest BCUT2D eigenvalue weighted by atomic mass is 10.2. The van der Waals surface area contributed by atoms with E-state index in [0.717, 1.165) is 50.0 Å². The summed E-state index contributed by atoms with van der Waals surface area (Å²) in [5.41, 5.74) is 2.46. The van der Waals surface area contributed by atoms with Crippen molar-refractivity contribution in [2.45, 2.75) is 13.1 Å². The predicted molar refractivity (Wildman–Crippen MR) is 113 cm³/mol. The highest BCUT2D eigenvalue weighted by Gasteiger charge is 2.21. The fourth-order valence-corrected chi connectivity index (χ4v) is 3.42. The number of rotatable bonds is 7. The molecule has 2 aromatic rings. The highest BCUT2D eigenvalue weighted by Crippen LogP contribution is 2.15. The Bertz CT molecular complexity index is 754. The van der Waals surface area contributed by atoms with E-state index >= 15 is 0 Å². The largest absolute Gasteiger partial charge is 0.484 e. The maximum absolute atomic E-state index is 12.4. The highest BCUT2D eigenvalue weighted by atomic mass is 35.5. The molecule has 1 saturated heterocycles. The van der Waals surface area contributed by atoms with Crippen LogP contribution in [0.2, 0.25) is 5.02 Å². The molecule has 150 valence electrons. The van der Waals surface area contributed by atoms with Gasteiger partial charge in [-0.25, -0.2) is 0 Å². The Labute approximate surface area is 172 Å². The molecule has 1 aliphatic rings. The van der Waals surface area contributed by atoms with Crippen LogP contribution < -0.4 is 4.74 Å². The Kier molecular flexibility index (Phi) is 7.31. The quantitative estimate of drug-likeness (QED) is 0.714. The SMILES string of the molecule is CN(C)Cc1ccc(OCC(=O)N2CCN(Cc3ccc(Cl)cc3)CC2)cc1. The van der Waals surface area contributed by atoms with E-state index in [0.29, 0.717) is 0 Å². The van der Waals surface area contributed by atoms with Crippen molar-refractivity contribution in [1.82, 2.24) is 14.7 Å². The second-order valence-corrected chi connectivity index (χ2v) is 7.89. The Morgan fingerprint density at radius 3 is 2.18 bits per heavy atom. The van der Waals surface area contributed by atoms with Crippen molar-refractivity contribution in [2.75, 3.05) is 46.9 Å². The Hall–Kier alpha value is -2.08. The number of nitrogens with zero attached hydrogens (tertiary/aromatic N) is 3. The topological polar surface area (TPSA) is 36.0 Å². The summed E-state index contributed by atoms with van der Waals surface area (Å²) in [4.78, 5) is 18.8. The average molecular weight is 402 g/mol. The van der Waals surface area contributed by atoms with Crippen molar-refractivity contribution >= 4 is 17.5 Å². The summed E-state index contributed by atoms with van der Waals surface area (Å²) < 4.78 is 5.68. The third-order valence-electron chi connectivity index (χ3n) is 4.83. The molecule has 0 aliphatic carbocycles. The van der Waals surface area contributed by atoms with Crippen LogP contribution in [0.15, 0.2) is 48.5 Å². The minimum absolute atomic E-state index is 0.0449. The molecule has 6 heteroatoms. The minimum Gasteiger partial charge on any atom is -0.484 e. The summed E-state index contributed by atoms with van der Waals surface area (Å²) in [6.07, 6.45) is 0. The number of ether oxygens (including phenoxy) is 1. The molecule has 0 N–H and O–H groups in total. The molecule has 0 atom stereocenters. The number of hydrogen-bond acceptors (Lipinski definition) is 4. The van der Waals surface area contributed by atoms with Crippen molar-refractivity contribution in [3.8, 4) is 5.75 Å². The molecule has 0 aromatic heterocycles. The van der Waals surface area contributed by atoms with Gasteiger partial charge in [-0.3, -0.25) is 9.69 Å². The van der Waals surface area contributed by atoms with E-state index in [1.54, 1.807) is 0 Å². The first-order valence-corrected chi connectivity index (χ1v) is 9.98. The average Bonchev–Trinajstić information content (AvgIpc) is 2.69. The van der Waals surface area contributed by atoms with Gasteiger partial charge in [0.25, 0.3) is 5.91 Å². The van der Waals surface area contributed by atoms with Gasteiger partial charge in [-0.15, -0.1) is 0 Å². The molecule has 0 bridgehead atoms. The van der Waals surface area contributed by atoms with Gasteiger partial charge in [0, 0.05) is 44.3 Å². The summed E-state index contributed by atoms with van der Waals surface area (Å²) in [5, 5.41) is 0.756. The van der Waals surface area contributed by atoms with Gasteiger partial charge in [0.15, 0.2) is 6.61 Å². The van der Waals surface area contributed by atoms with Crippen LogP contribution in [0.1, 0.15) is 11.1 Å². The van der Waals surface area contributed by atoms with Gasteiger partial charge in [0.1, 0.15) is 5.75 Å². The molecule has 1 heterocycles. The Morgan fingerprint density at radius 1 is 0.964 bits per heavy atom. The van der Waals surface area contributed by atoms with Crippen molar-refractivity contribution < 1.29 is 9.53 Å². The van der Waals surface area contributed by atoms with Crippen molar-refractivity contribution in [2.24, 2.45) is 0 Å². The fourth-order valence-electron chi connectivity index (χ4n) is 3.30. The molecule has 0 unspecified atom stereocenters. The van der Waals surface area contributed by atoms with Crippen molar-refractivity contribution in [1.29, 1.82) is 0 Å². The van der Waals surface area contributed by atoms with Crippen molar-refractivity contribution in [3.63, 3.8) is 0 Å². The van der Waals surface area contributed by atoms with E-state index in [2.05, 4.69) is 21.9 Å². The van der Waals surface area contributed by atoms with Gasteiger partial charge in [-0.2, -0.15) is 0 Å². The zero-order chi connectivity index (χ0) is 19.9. The normalized spacial score (nSPS) is 15.1. The summed E-state index contributed by atoms with van der Waals surface area (Å²) in [7, 11) is 4.08. The zero-order valence-corrected chi connectivity index (χ0v) is 17.4. The van der Waals surface area contributed by atoms with Crippen LogP contribution in [0.3, 0.4) is 0 Å².